The summed E-state index contributed by atoms with van der Waals surface area (Å²) in [5.74, 6) is 0.0921. The van der Waals surface area contributed by atoms with Gasteiger partial charge in [0.15, 0.2) is 0 Å². The van der Waals surface area contributed by atoms with Crippen LogP contribution in [0.3, 0.4) is 0 Å². The van der Waals surface area contributed by atoms with Crippen LogP contribution in [-0.2, 0) is 0 Å². The maximum absolute atomic E-state index is 12.7. The average molecular weight is 337 g/mol. The lowest BCUT2D eigenvalue weighted by Crippen LogP contribution is -2.39. The van der Waals surface area contributed by atoms with E-state index in [1.807, 2.05) is 36.1 Å². The van der Waals surface area contributed by atoms with Crippen LogP contribution in [0.2, 0.25) is 0 Å². The lowest BCUT2D eigenvalue weighted by atomic mass is 10.00. The predicted molar refractivity (Wildman–Crippen MR) is 97.7 cm³/mol. The average Bonchev–Trinajstić information content (AvgIpc) is 2.61. The van der Waals surface area contributed by atoms with E-state index in [1.54, 1.807) is 18.2 Å². The Balaban J connectivity index is 1.74. The van der Waals surface area contributed by atoms with Crippen LogP contribution in [-0.4, -0.2) is 34.8 Å². The number of anilines is 1. The molecule has 1 aliphatic heterocycles. The van der Waals surface area contributed by atoms with E-state index in [4.69, 9.17) is 0 Å². The number of carbonyl (C=O) groups is 2. The molecule has 1 aromatic heterocycles. The smallest absolute Gasteiger partial charge is 0.274 e. The van der Waals surface area contributed by atoms with Gasteiger partial charge in [-0.15, -0.1) is 0 Å². The standard InChI is InChI=1S/C20H23N3O2/c1-14-6-3-8-16(12-14)21-19(24)17-9-4-10-18(22-17)20(25)23-11-5-7-15(2)13-23/h3-4,6,8-10,12,15H,5,7,11,13H2,1-2H3,(H,21,24). The minimum absolute atomic E-state index is 0.100. The molecule has 2 aromatic rings. The van der Waals surface area contributed by atoms with Gasteiger partial charge < -0.3 is 10.2 Å². The van der Waals surface area contributed by atoms with Crippen LogP contribution in [0.15, 0.2) is 42.5 Å². The Morgan fingerprint density at radius 1 is 1.16 bits per heavy atom. The van der Waals surface area contributed by atoms with Crippen molar-refractivity contribution in [2.75, 3.05) is 18.4 Å². The summed E-state index contributed by atoms with van der Waals surface area (Å²) in [6.07, 6.45) is 2.16. The van der Waals surface area contributed by atoms with Crippen LogP contribution in [0.4, 0.5) is 5.69 Å². The number of pyridine rings is 1. The van der Waals surface area contributed by atoms with Crippen molar-refractivity contribution in [2.45, 2.75) is 26.7 Å². The van der Waals surface area contributed by atoms with Gasteiger partial charge >= 0.3 is 0 Å². The van der Waals surface area contributed by atoms with Crippen LogP contribution < -0.4 is 5.32 Å². The molecule has 0 bridgehead atoms. The largest absolute Gasteiger partial charge is 0.337 e. The van der Waals surface area contributed by atoms with Crippen LogP contribution in [0, 0.1) is 12.8 Å². The second-order valence-electron chi connectivity index (χ2n) is 6.73. The van der Waals surface area contributed by atoms with Gasteiger partial charge in [0.2, 0.25) is 0 Å². The van der Waals surface area contributed by atoms with E-state index in [-0.39, 0.29) is 17.5 Å². The zero-order chi connectivity index (χ0) is 17.8. The molecule has 0 spiro atoms. The number of nitrogens with zero attached hydrogens (tertiary/aromatic N) is 2. The molecule has 1 N–H and O–H groups in total. The van der Waals surface area contributed by atoms with Crippen molar-refractivity contribution in [1.82, 2.24) is 9.88 Å². The quantitative estimate of drug-likeness (QED) is 0.932. The SMILES string of the molecule is Cc1cccc(NC(=O)c2cccc(C(=O)N3CCCC(C)C3)n2)c1. The molecular formula is C20H23N3O2. The number of amides is 2. The van der Waals surface area contributed by atoms with Gasteiger partial charge in [-0.2, -0.15) is 0 Å². The summed E-state index contributed by atoms with van der Waals surface area (Å²) in [4.78, 5) is 31.2. The molecule has 2 amide bonds. The normalized spacial score (nSPS) is 17.2. The van der Waals surface area contributed by atoms with E-state index in [2.05, 4.69) is 17.2 Å². The zero-order valence-electron chi connectivity index (χ0n) is 14.7. The molecule has 1 fully saturated rings. The first-order chi connectivity index (χ1) is 12.0. The van der Waals surface area contributed by atoms with Crippen LogP contribution in [0.1, 0.15) is 46.3 Å². The molecule has 5 nitrogen and oxygen atoms in total. The first kappa shape index (κ1) is 17.1. The number of aromatic nitrogens is 1. The molecule has 1 unspecified atom stereocenters. The topological polar surface area (TPSA) is 62.3 Å². The Bertz CT molecular complexity index is 788. The van der Waals surface area contributed by atoms with Crippen molar-refractivity contribution in [3.63, 3.8) is 0 Å². The molecule has 1 aromatic carbocycles. The van der Waals surface area contributed by atoms with Crippen molar-refractivity contribution in [3.05, 3.63) is 59.4 Å². The van der Waals surface area contributed by atoms with Crippen LogP contribution in [0.25, 0.3) is 0 Å². The fourth-order valence-electron chi connectivity index (χ4n) is 3.13. The first-order valence-corrected chi connectivity index (χ1v) is 8.67. The molecule has 1 atom stereocenters. The number of hydrogen-bond acceptors (Lipinski definition) is 3. The van der Waals surface area contributed by atoms with E-state index in [0.29, 0.717) is 17.3 Å². The van der Waals surface area contributed by atoms with Crippen molar-refractivity contribution >= 4 is 17.5 Å². The van der Waals surface area contributed by atoms with E-state index in [9.17, 15) is 9.59 Å². The summed E-state index contributed by atoms with van der Waals surface area (Å²) in [5.41, 5.74) is 2.35. The Kier molecular flexibility index (Phi) is 5.12. The summed E-state index contributed by atoms with van der Waals surface area (Å²) in [7, 11) is 0. The van der Waals surface area contributed by atoms with Gasteiger partial charge in [-0.3, -0.25) is 9.59 Å². The van der Waals surface area contributed by atoms with Gasteiger partial charge in [0, 0.05) is 18.8 Å². The molecule has 0 saturated carbocycles. The van der Waals surface area contributed by atoms with Gasteiger partial charge in [0.05, 0.1) is 0 Å². The van der Waals surface area contributed by atoms with E-state index >= 15 is 0 Å². The van der Waals surface area contributed by atoms with Gasteiger partial charge in [-0.05, 0) is 55.5 Å². The number of piperidine rings is 1. The third-order valence-corrected chi connectivity index (χ3v) is 4.42. The Morgan fingerprint density at radius 2 is 1.92 bits per heavy atom. The number of rotatable bonds is 3. The monoisotopic (exact) mass is 337 g/mol. The Morgan fingerprint density at radius 3 is 2.68 bits per heavy atom. The van der Waals surface area contributed by atoms with Crippen LogP contribution >= 0.6 is 0 Å². The van der Waals surface area contributed by atoms with Crippen molar-refractivity contribution in [1.29, 1.82) is 0 Å². The third kappa shape index (κ3) is 4.24. The van der Waals surface area contributed by atoms with Crippen LogP contribution in [0.5, 0.6) is 0 Å². The highest BCUT2D eigenvalue weighted by Crippen LogP contribution is 2.18. The highest BCUT2D eigenvalue weighted by Gasteiger charge is 2.23. The van der Waals surface area contributed by atoms with Crippen molar-refractivity contribution in [3.8, 4) is 0 Å². The number of nitrogens with one attached hydrogen (secondary N) is 1. The Hall–Kier alpha value is -2.69. The minimum Gasteiger partial charge on any atom is -0.337 e. The highest BCUT2D eigenvalue weighted by atomic mass is 16.2. The van der Waals surface area contributed by atoms with Gasteiger partial charge in [0.25, 0.3) is 11.8 Å². The number of hydrogen-bond donors (Lipinski definition) is 1. The highest BCUT2D eigenvalue weighted by molar-refractivity contribution is 6.03. The summed E-state index contributed by atoms with van der Waals surface area (Å²) >= 11 is 0. The van der Waals surface area contributed by atoms with Gasteiger partial charge in [0.1, 0.15) is 11.4 Å². The number of benzene rings is 1. The molecule has 1 saturated heterocycles. The second-order valence-corrected chi connectivity index (χ2v) is 6.73. The summed E-state index contributed by atoms with van der Waals surface area (Å²) in [5, 5.41) is 2.83. The molecule has 130 valence electrons. The Labute approximate surface area is 148 Å². The fraction of sp³-hybridized carbons (Fsp3) is 0.350. The maximum atomic E-state index is 12.7. The number of likely N-dealkylation sites (tertiary alicyclic amines) is 1. The summed E-state index contributed by atoms with van der Waals surface area (Å²) in [6.45, 7) is 5.62. The molecular weight excluding hydrogens is 314 g/mol. The summed E-state index contributed by atoms with van der Waals surface area (Å²) < 4.78 is 0. The summed E-state index contributed by atoms with van der Waals surface area (Å²) in [6, 6.07) is 12.6. The molecule has 5 heteroatoms. The lowest BCUT2D eigenvalue weighted by molar-refractivity contribution is 0.0677. The molecule has 3 rings (SSSR count). The lowest BCUT2D eigenvalue weighted by Gasteiger charge is -2.30. The van der Waals surface area contributed by atoms with E-state index < -0.39 is 0 Å². The van der Waals surface area contributed by atoms with Gasteiger partial charge in [-0.1, -0.05) is 25.1 Å². The molecule has 1 aliphatic rings. The number of carbonyl (C=O) groups excluding carboxylic acids is 2. The maximum Gasteiger partial charge on any atom is 0.274 e. The molecule has 0 aliphatic carbocycles. The second kappa shape index (κ2) is 7.47. The molecule has 0 radical (unpaired) electrons. The predicted octanol–water partition coefficient (Wildman–Crippen LogP) is 3.51. The zero-order valence-corrected chi connectivity index (χ0v) is 14.7. The number of aryl methyl sites for hydroxylation is 1. The first-order valence-electron chi connectivity index (χ1n) is 8.67. The molecule has 25 heavy (non-hydrogen) atoms. The van der Waals surface area contributed by atoms with E-state index in [0.717, 1.165) is 31.5 Å². The molecule has 2 heterocycles. The van der Waals surface area contributed by atoms with E-state index in [1.165, 1.54) is 0 Å². The fourth-order valence-corrected chi connectivity index (χ4v) is 3.13. The third-order valence-electron chi connectivity index (χ3n) is 4.42. The van der Waals surface area contributed by atoms with Crippen molar-refractivity contribution in [2.24, 2.45) is 5.92 Å². The van der Waals surface area contributed by atoms with Gasteiger partial charge in [-0.25, -0.2) is 4.98 Å². The minimum atomic E-state index is -0.313. The van der Waals surface area contributed by atoms with Crippen molar-refractivity contribution < 1.29 is 9.59 Å².